The molecule has 0 N–H and O–H groups in total. The number of hydrogen-bond acceptors (Lipinski definition) is 0. The monoisotopic (exact) mass is 387 g/mol. The average molecular weight is 388 g/mol. The Balaban J connectivity index is 1.75. The second kappa shape index (κ2) is 7.21. The molecule has 2 heteroatoms. The molecule has 4 aromatic carbocycles. The highest BCUT2D eigenvalue weighted by Crippen LogP contribution is 2.28. The molecule has 144 valence electrons. The maximum absolute atomic E-state index is 3.54. The number of aromatic nitrogens is 2. The summed E-state index contributed by atoms with van der Waals surface area (Å²) in [6.07, 6.45) is 0. The van der Waals surface area contributed by atoms with E-state index in [1.54, 1.807) is 0 Å². The largest absolute Gasteiger partial charge is 0.289 e. The van der Waals surface area contributed by atoms with E-state index in [1.807, 2.05) is 6.07 Å². The molecular formula is C28H23N2+. The Labute approximate surface area is 177 Å². The molecule has 0 radical (unpaired) electrons. The number of nitrogens with zero attached hydrogens (tertiary/aromatic N) is 2. The van der Waals surface area contributed by atoms with Crippen LogP contribution >= 0.6 is 0 Å². The van der Waals surface area contributed by atoms with Crippen LogP contribution in [0.4, 0.5) is 0 Å². The first-order valence-electron chi connectivity index (χ1n) is 10.2. The first kappa shape index (κ1) is 18.2. The molecule has 0 aliphatic rings. The van der Waals surface area contributed by atoms with Gasteiger partial charge in [-0.1, -0.05) is 72.7 Å². The molecule has 5 aromatic rings. The van der Waals surface area contributed by atoms with E-state index in [9.17, 15) is 0 Å². The predicted molar refractivity (Wildman–Crippen MR) is 124 cm³/mol. The third-order valence-electron chi connectivity index (χ3n) is 5.93. The lowest BCUT2D eigenvalue weighted by molar-refractivity contribution is -0.662. The quantitative estimate of drug-likeness (QED) is 0.203. The van der Waals surface area contributed by atoms with Crippen LogP contribution in [0.15, 0.2) is 84.9 Å². The van der Waals surface area contributed by atoms with Crippen LogP contribution in [-0.4, -0.2) is 4.57 Å². The molecule has 2 nitrogen and oxygen atoms in total. The van der Waals surface area contributed by atoms with Gasteiger partial charge < -0.3 is 0 Å². The van der Waals surface area contributed by atoms with Crippen molar-refractivity contribution in [2.24, 2.45) is 14.1 Å². The SMILES string of the molecule is Cc1c(C#Cc2c3ccccc3cc3ccccc23)[n+](C)c(-c2ccccc2)n1C. The van der Waals surface area contributed by atoms with Gasteiger partial charge in [-0.2, -0.15) is 0 Å². The smallest absolute Gasteiger partial charge is 0.229 e. The van der Waals surface area contributed by atoms with Crippen LogP contribution in [0.25, 0.3) is 32.9 Å². The molecule has 30 heavy (non-hydrogen) atoms. The highest BCUT2D eigenvalue weighted by Gasteiger charge is 2.23. The minimum Gasteiger partial charge on any atom is -0.229 e. The molecule has 0 fully saturated rings. The predicted octanol–water partition coefficient (Wildman–Crippen LogP) is 5.53. The van der Waals surface area contributed by atoms with E-state index in [-0.39, 0.29) is 0 Å². The zero-order valence-electron chi connectivity index (χ0n) is 17.5. The number of rotatable bonds is 1. The van der Waals surface area contributed by atoms with Gasteiger partial charge >= 0.3 is 0 Å². The lowest BCUT2D eigenvalue weighted by atomic mass is 9.97. The highest BCUT2D eigenvalue weighted by molar-refractivity contribution is 6.04. The van der Waals surface area contributed by atoms with E-state index in [4.69, 9.17) is 0 Å². The van der Waals surface area contributed by atoms with E-state index in [2.05, 4.69) is 121 Å². The molecule has 1 heterocycles. The van der Waals surface area contributed by atoms with Crippen molar-refractivity contribution < 1.29 is 4.57 Å². The standard InChI is InChI=1S/C28H23N2/c1-20-27(30(3)28(29(20)2)21-11-5-4-6-12-21)18-17-26-24-15-9-7-13-22(24)19-23-14-8-10-16-25(23)26/h4-16,19H,1-3H3/q+1. The van der Waals surface area contributed by atoms with E-state index in [0.717, 1.165) is 22.8 Å². The van der Waals surface area contributed by atoms with Crippen molar-refractivity contribution in [1.82, 2.24) is 4.57 Å². The van der Waals surface area contributed by atoms with Crippen molar-refractivity contribution in [1.29, 1.82) is 0 Å². The Hall–Kier alpha value is -3.83. The van der Waals surface area contributed by atoms with E-state index in [1.165, 1.54) is 27.1 Å². The summed E-state index contributed by atoms with van der Waals surface area (Å²) >= 11 is 0. The van der Waals surface area contributed by atoms with Gasteiger partial charge in [-0.3, -0.25) is 0 Å². The van der Waals surface area contributed by atoms with Crippen molar-refractivity contribution in [3.8, 4) is 23.2 Å². The van der Waals surface area contributed by atoms with Gasteiger partial charge in [0.25, 0.3) is 5.82 Å². The van der Waals surface area contributed by atoms with Crippen molar-refractivity contribution in [3.63, 3.8) is 0 Å². The zero-order valence-corrected chi connectivity index (χ0v) is 17.5. The Morgan fingerprint density at radius 3 is 1.93 bits per heavy atom. The minimum atomic E-state index is 1.04. The maximum Gasteiger partial charge on any atom is 0.289 e. The molecule has 0 spiro atoms. The molecule has 0 amide bonds. The number of hydrogen-bond donors (Lipinski definition) is 0. The van der Waals surface area contributed by atoms with Crippen LogP contribution in [0, 0.1) is 18.8 Å². The van der Waals surface area contributed by atoms with Gasteiger partial charge in [0.05, 0.1) is 19.7 Å². The summed E-state index contributed by atoms with van der Waals surface area (Å²) in [6, 6.07) is 29.7. The number of imidazole rings is 1. The fourth-order valence-electron chi connectivity index (χ4n) is 4.31. The zero-order chi connectivity index (χ0) is 20.7. The fraction of sp³-hybridized carbons (Fsp3) is 0.107. The first-order chi connectivity index (χ1) is 14.6. The molecule has 0 bridgehead atoms. The Kier molecular flexibility index (Phi) is 4.38. The third kappa shape index (κ3) is 2.88. The van der Waals surface area contributed by atoms with Gasteiger partial charge in [0.2, 0.25) is 5.69 Å². The molecular weight excluding hydrogens is 364 g/mol. The molecule has 0 aliphatic heterocycles. The van der Waals surface area contributed by atoms with Crippen LogP contribution in [0.1, 0.15) is 17.0 Å². The van der Waals surface area contributed by atoms with E-state index >= 15 is 0 Å². The summed E-state index contributed by atoms with van der Waals surface area (Å²) < 4.78 is 4.42. The van der Waals surface area contributed by atoms with Gasteiger partial charge in [-0.15, -0.1) is 0 Å². The van der Waals surface area contributed by atoms with Gasteiger partial charge in [0.15, 0.2) is 5.69 Å². The third-order valence-corrected chi connectivity index (χ3v) is 5.93. The topological polar surface area (TPSA) is 8.81 Å². The molecule has 0 aliphatic carbocycles. The first-order valence-corrected chi connectivity index (χ1v) is 10.2. The number of benzene rings is 4. The van der Waals surface area contributed by atoms with E-state index in [0.29, 0.717) is 0 Å². The normalized spacial score (nSPS) is 10.9. The summed E-state index contributed by atoms with van der Waals surface area (Å²) in [4.78, 5) is 0. The Morgan fingerprint density at radius 1 is 0.733 bits per heavy atom. The van der Waals surface area contributed by atoms with Crippen molar-refractivity contribution in [3.05, 3.63) is 102 Å². The molecule has 1 aromatic heterocycles. The van der Waals surface area contributed by atoms with Crippen molar-refractivity contribution >= 4 is 21.5 Å². The lowest BCUT2D eigenvalue weighted by Gasteiger charge is -2.06. The highest BCUT2D eigenvalue weighted by atomic mass is 15.1. The van der Waals surface area contributed by atoms with Crippen LogP contribution in [0.5, 0.6) is 0 Å². The average Bonchev–Trinajstić information content (AvgIpc) is 3.00. The van der Waals surface area contributed by atoms with Gasteiger partial charge in [-0.25, -0.2) is 9.13 Å². The maximum atomic E-state index is 3.54. The second-order valence-electron chi connectivity index (χ2n) is 7.69. The van der Waals surface area contributed by atoms with Crippen LogP contribution in [0.2, 0.25) is 0 Å². The van der Waals surface area contributed by atoms with Crippen LogP contribution in [-0.2, 0) is 14.1 Å². The number of fused-ring (bicyclic) bond motifs is 2. The van der Waals surface area contributed by atoms with Gasteiger partial charge in [-0.05, 0) is 45.7 Å². The molecule has 0 unspecified atom stereocenters. The molecule has 5 rings (SSSR count). The summed E-state index contributed by atoms with van der Waals surface area (Å²) in [6.45, 7) is 2.14. The Bertz CT molecular complexity index is 1410. The van der Waals surface area contributed by atoms with E-state index < -0.39 is 0 Å². The molecule has 0 atom stereocenters. The lowest BCUT2D eigenvalue weighted by Crippen LogP contribution is -2.33. The van der Waals surface area contributed by atoms with Crippen molar-refractivity contribution in [2.75, 3.05) is 0 Å². The molecule has 0 saturated carbocycles. The summed E-state index contributed by atoms with van der Waals surface area (Å²) in [5, 5.41) is 4.84. The fourth-order valence-corrected chi connectivity index (χ4v) is 4.31. The summed E-state index contributed by atoms with van der Waals surface area (Å²) in [5.74, 6) is 8.19. The van der Waals surface area contributed by atoms with Crippen molar-refractivity contribution in [2.45, 2.75) is 6.92 Å². The summed E-state index contributed by atoms with van der Waals surface area (Å²) in [5.41, 5.74) is 4.48. The van der Waals surface area contributed by atoms with Crippen LogP contribution in [0.3, 0.4) is 0 Å². The molecule has 0 saturated heterocycles. The second-order valence-corrected chi connectivity index (χ2v) is 7.69. The summed E-state index contributed by atoms with van der Waals surface area (Å²) in [7, 11) is 4.21. The Morgan fingerprint density at radius 2 is 1.30 bits per heavy atom. The van der Waals surface area contributed by atoms with Gasteiger partial charge in [0, 0.05) is 12.5 Å². The van der Waals surface area contributed by atoms with Gasteiger partial charge in [0.1, 0.15) is 0 Å². The van der Waals surface area contributed by atoms with Crippen LogP contribution < -0.4 is 4.57 Å². The minimum absolute atomic E-state index is 1.04.